The number of aryl methyl sites for hydroxylation is 1. The first-order valence-corrected chi connectivity index (χ1v) is 9.96. The quantitative estimate of drug-likeness (QED) is 0.750. The number of anilines is 1. The third-order valence-electron chi connectivity index (χ3n) is 5.24. The molecular weight excluding hydrogens is 376 g/mol. The molecule has 0 saturated heterocycles. The van der Waals surface area contributed by atoms with E-state index in [4.69, 9.17) is 15.6 Å². The van der Waals surface area contributed by atoms with Crippen LogP contribution in [0.3, 0.4) is 0 Å². The summed E-state index contributed by atoms with van der Waals surface area (Å²) in [7, 11) is 0. The lowest BCUT2D eigenvalue weighted by atomic mass is 9.83. The zero-order valence-corrected chi connectivity index (χ0v) is 16.5. The van der Waals surface area contributed by atoms with Gasteiger partial charge in [-0.2, -0.15) is 5.26 Å². The standard InChI is InChI=1S/C19H20N4OS.CH2O2/c1-11-5-6-16(25-11)17-13(9-20)18(21)22-15-7-8-23(10-14(15)17)19(24)12-3-2-4-12;2-1-3/h5-6,12H,2-4,7-8,10H2,1H3,(H2,21,22);1H,(H,2,3). The lowest BCUT2D eigenvalue weighted by molar-refractivity contribution is -0.139. The van der Waals surface area contributed by atoms with Crippen molar-refractivity contribution in [1.29, 1.82) is 5.26 Å². The number of hydrogen-bond donors (Lipinski definition) is 2. The van der Waals surface area contributed by atoms with Gasteiger partial charge in [0.1, 0.15) is 17.5 Å². The molecule has 2 aromatic heterocycles. The van der Waals surface area contributed by atoms with Crippen LogP contribution in [-0.4, -0.2) is 33.9 Å². The molecule has 2 aliphatic rings. The molecule has 7 nitrogen and oxygen atoms in total. The molecule has 3 heterocycles. The Bertz CT molecular complexity index is 944. The molecule has 1 amide bonds. The first kappa shape index (κ1) is 19.8. The second-order valence-corrected chi connectivity index (χ2v) is 8.23. The van der Waals surface area contributed by atoms with E-state index in [2.05, 4.69) is 11.1 Å². The second-order valence-electron chi connectivity index (χ2n) is 6.94. The van der Waals surface area contributed by atoms with Gasteiger partial charge in [-0.25, -0.2) is 4.98 Å². The van der Waals surface area contributed by atoms with E-state index >= 15 is 0 Å². The molecule has 0 unspecified atom stereocenters. The zero-order chi connectivity index (χ0) is 20.3. The first-order valence-electron chi connectivity index (χ1n) is 9.14. The molecule has 3 N–H and O–H groups in total. The van der Waals surface area contributed by atoms with E-state index in [9.17, 15) is 10.1 Å². The summed E-state index contributed by atoms with van der Waals surface area (Å²) in [5.41, 5.74) is 9.28. The van der Waals surface area contributed by atoms with Crippen LogP contribution in [0.4, 0.5) is 5.82 Å². The maximum atomic E-state index is 12.7. The van der Waals surface area contributed by atoms with Crippen LogP contribution in [0.5, 0.6) is 0 Å². The van der Waals surface area contributed by atoms with Gasteiger partial charge < -0.3 is 15.7 Å². The number of thiophene rings is 1. The van der Waals surface area contributed by atoms with Gasteiger partial charge in [0.25, 0.3) is 6.47 Å². The lowest BCUT2D eigenvalue weighted by Gasteiger charge is -2.35. The fraction of sp³-hybridized carbons (Fsp3) is 0.400. The third-order valence-corrected chi connectivity index (χ3v) is 6.26. The molecule has 1 fully saturated rings. The van der Waals surface area contributed by atoms with E-state index in [1.54, 1.807) is 11.3 Å². The van der Waals surface area contributed by atoms with Crippen molar-refractivity contribution in [3.05, 3.63) is 33.8 Å². The predicted octanol–water partition coefficient (Wildman–Crippen LogP) is 2.96. The maximum Gasteiger partial charge on any atom is 0.290 e. The van der Waals surface area contributed by atoms with Gasteiger partial charge in [0.2, 0.25) is 5.91 Å². The summed E-state index contributed by atoms with van der Waals surface area (Å²) in [5, 5.41) is 16.5. The molecule has 0 aromatic carbocycles. The Morgan fingerprint density at radius 3 is 2.71 bits per heavy atom. The van der Waals surface area contributed by atoms with Crippen LogP contribution in [0.15, 0.2) is 12.1 Å². The largest absolute Gasteiger partial charge is 0.483 e. The molecule has 8 heteroatoms. The summed E-state index contributed by atoms with van der Waals surface area (Å²) in [4.78, 5) is 29.7. The van der Waals surface area contributed by atoms with Crippen molar-refractivity contribution < 1.29 is 14.7 Å². The molecule has 2 aromatic rings. The van der Waals surface area contributed by atoms with Crippen molar-refractivity contribution in [2.75, 3.05) is 12.3 Å². The number of nitrogen functional groups attached to an aromatic ring is 1. The van der Waals surface area contributed by atoms with Gasteiger partial charge in [-0.3, -0.25) is 9.59 Å². The molecule has 1 aliphatic heterocycles. The van der Waals surface area contributed by atoms with E-state index in [1.807, 2.05) is 24.0 Å². The number of nitriles is 1. The van der Waals surface area contributed by atoms with E-state index in [0.29, 0.717) is 30.9 Å². The topological polar surface area (TPSA) is 120 Å². The van der Waals surface area contributed by atoms with Crippen LogP contribution in [0.1, 0.15) is 41.0 Å². The molecule has 0 atom stereocenters. The van der Waals surface area contributed by atoms with E-state index < -0.39 is 0 Å². The zero-order valence-electron chi connectivity index (χ0n) is 15.6. The summed E-state index contributed by atoms with van der Waals surface area (Å²) in [6.07, 6.45) is 3.85. The number of carbonyl (C=O) groups is 2. The van der Waals surface area contributed by atoms with Crippen molar-refractivity contribution in [2.24, 2.45) is 5.92 Å². The Balaban J connectivity index is 0.000000706. The van der Waals surface area contributed by atoms with Gasteiger partial charge in [0, 0.05) is 46.3 Å². The van der Waals surface area contributed by atoms with Gasteiger partial charge in [-0.15, -0.1) is 11.3 Å². The molecule has 146 valence electrons. The Labute approximate surface area is 167 Å². The normalized spacial score (nSPS) is 15.5. The minimum atomic E-state index is -0.250. The molecular formula is C20H22N4O3S. The number of rotatable bonds is 2. The molecule has 0 spiro atoms. The first-order chi connectivity index (χ1) is 13.5. The Kier molecular flexibility index (Phi) is 5.95. The highest BCUT2D eigenvalue weighted by Gasteiger charge is 2.33. The van der Waals surface area contributed by atoms with Crippen LogP contribution in [0.2, 0.25) is 0 Å². The van der Waals surface area contributed by atoms with Crippen molar-refractivity contribution in [3.63, 3.8) is 0 Å². The van der Waals surface area contributed by atoms with Crippen LogP contribution in [-0.2, 0) is 22.6 Å². The van der Waals surface area contributed by atoms with Gasteiger partial charge >= 0.3 is 0 Å². The molecule has 0 bridgehead atoms. The molecule has 1 saturated carbocycles. The Morgan fingerprint density at radius 2 is 2.18 bits per heavy atom. The minimum absolute atomic E-state index is 0.186. The van der Waals surface area contributed by atoms with E-state index in [0.717, 1.165) is 41.0 Å². The summed E-state index contributed by atoms with van der Waals surface area (Å²) in [6, 6.07) is 6.30. The number of nitrogens with zero attached hydrogens (tertiary/aromatic N) is 3. The molecule has 1 aliphatic carbocycles. The van der Waals surface area contributed by atoms with E-state index in [-0.39, 0.29) is 18.3 Å². The summed E-state index contributed by atoms with van der Waals surface area (Å²) >= 11 is 1.65. The monoisotopic (exact) mass is 398 g/mol. The molecule has 4 rings (SSSR count). The number of carboxylic acid groups (broad SMARTS) is 1. The third kappa shape index (κ3) is 3.71. The summed E-state index contributed by atoms with van der Waals surface area (Å²) in [6.45, 7) is 3.01. The number of aromatic nitrogens is 1. The Morgan fingerprint density at radius 1 is 1.46 bits per heavy atom. The number of nitrogens with two attached hydrogens (primary N) is 1. The summed E-state index contributed by atoms with van der Waals surface area (Å²) in [5.74, 6) is 0.729. The van der Waals surface area contributed by atoms with Crippen LogP contribution >= 0.6 is 11.3 Å². The van der Waals surface area contributed by atoms with Crippen molar-refractivity contribution in [3.8, 4) is 16.5 Å². The highest BCUT2D eigenvalue weighted by Crippen LogP contribution is 2.39. The molecule has 0 radical (unpaired) electrons. The summed E-state index contributed by atoms with van der Waals surface area (Å²) < 4.78 is 0. The Hall–Kier alpha value is -2.92. The number of pyridine rings is 1. The average Bonchev–Trinajstić information content (AvgIpc) is 3.05. The highest BCUT2D eigenvalue weighted by atomic mass is 32.1. The van der Waals surface area contributed by atoms with E-state index in [1.165, 1.54) is 4.88 Å². The smallest absolute Gasteiger partial charge is 0.290 e. The van der Waals surface area contributed by atoms with Crippen molar-refractivity contribution in [1.82, 2.24) is 9.88 Å². The van der Waals surface area contributed by atoms with Crippen molar-refractivity contribution in [2.45, 2.75) is 39.2 Å². The van der Waals surface area contributed by atoms with Gasteiger partial charge in [0.05, 0.1) is 5.69 Å². The van der Waals surface area contributed by atoms with Crippen molar-refractivity contribution >= 4 is 29.5 Å². The average molecular weight is 398 g/mol. The SMILES string of the molecule is Cc1ccc(-c2c(C#N)c(N)nc3c2CN(C(=O)C2CCC2)CC3)s1.O=CO. The van der Waals surface area contributed by atoms with Crippen LogP contribution in [0, 0.1) is 24.2 Å². The number of fused-ring (bicyclic) bond motifs is 1. The highest BCUT2D eigenvalue weighted by molar-refractivity contribution is 7.15. The van der Waals surface area contributed by atoms with Crippen LogP contribution in [0.25, 0.3) is 10.4 Å². The predicted molar refractivity (Wildman–Crippen MR) is 107 cm³/mol. The van der Waals surface area contributed by atoms with Gasteiger partial charge in [0.15, 0.2) is 0 Å². The van der Waals surface area contributed by atoms with Gasteiger partial charge in [-0.1, -0.05) is 6.42 Å². The second kappa shape index (κ2) is 8.40. The minimum Gasteiger partial charge on any atom is -0.483 e. The lowest BCUT2D eigenvalue weighted by Crippen LogP contribution is -2.42. The van der Waals surface area contributed by atoms with Gasteiger partial charge in [-0.05, 0) is 31.9 Å². The molecule has 28 heavy (non-hydrogen) atoms. The maximum absolute atomic E-state index is 12.7. The fourth-order valence-corrected chi connectivity index (χ4v) is 4.58. The fourth-order valence-electron chi connectivity index (χ4n) is 3.64. The number of amides is 1. The number of hydrogen-bond acceptors (Lipinski definition) is 6. The number of carbonyl (C=O) groups excluding carboxylic acids is 1. The van der Waals surface area contributed by atoms with Crippen LogP contribution < -0.4 is 5.73 Å².